The van der Waals surface area contributed by atoms with Crippen molar-refractivity contribution >= 4 is 51.2 Å². The van der Waals surface area contributed by atoms with Crippen molar-refractivity contribution < 1.29 is 14.3 Å². The second kappa shape index (κ2) is 7.92. The summed E-state index contributed by atoms with van der Waals surface area (Å²) in [5.74, 6) is -0.125. The molecule has 2 aromatic carbocycles. The van der Waals surface area contributed by atoms with E-state index in [1.165, 1.54) is 12.1 Å². The Morgan fingerprint density at radius 1 is 1.27 bits per heavy atom. The highest BCUT2D eigenvalue weighted by atomic mass is 79.9. The third-order valence-corrected chi connectivity index (χ3v) is 5.25. The van der Waals surface area contributed by atoms with E-state index >= 15 is 0 Å². The van der Waals surface area contributed by atoms with Crippen molar-refractivity contribution in [2.24, 2.45) is 10.4 Å². The number of nitroso groups, excluding NO2 is 2. The molecule has 1 fully saturated rings. The zero-order chi connectivity index (χ0) is 18.7. The van der Waals surface area contributed by atoms with Gasteiger partial charge in [0, 0.05) is 20.1 Å². The molecule has 1 saturated carbocycles. The molecule has 1 aliphatic carbocycles. The number of aldehydes is 1. The van der Waals surface area contributed by atoms with Crippen LogP contribution in [0.4, 0.5) is 21.6 Å². The van der Waals surface area contributed by atoms with Gasteiger partial charge in [-0.3, -0.25) is 9.74 Å². The molecule has 1 N–H and O–H groups in total. The smallest absolute Gasteiger partial charge is 0.201 e. The number of carbonyl (C=O) groups excluding carboxylic acids is 1. The Bertz CT molecular complexity index is 892. The Labute approximate surface area is 159 Å². The fourth-order valence-corrected chi connectivity index (χ4v) is 3.82. The lowest BCUT2D eigenvalue weighted by atomic mass is 10.0. The Morgan fingerprint density at radius 3 is 2.62 bits per heavy atom. The third-order valence-electron chi connectivity index (χ3n) is 3.91. The van der Waals surface area contributed by atoms with Gasteiger partial charge in [0.25, 0.3) is 0 Å². The van der Waals surface area contributed by atoms with Gasteiger partial charge in [-0.25, -0.2) is 0 Å². The molecule has 0 unspecified atom stereocenters. The van der Waals surface area contributed by atoms with Crippen LogP contribution in [0.2, 0.25) is 0 Å². The van der Waals surface area contributed by atoms with Crippen LogP contribution in [0.25, 0.3) is 0 Å². The van der Waals surface area contributed by atoms with Gasteiger partial charge >= 0.3 is 0 Å². The van der Waals surface area contributed by atoms with Gasteiger partial charge in [-0.1, -0.05) is 15.9 Å². The van der Waals surface area contributed by atoms with Gasteiger partial charge in [0.2, 0.25) is 5.75 Å². The van der Waals surface area contributed by atoms with Gasteiger partial charge in [-0.2, -0.15) is 0 Å². The van der Waals surface area contributed by atoms with Crippen LogP contribution in [0, 0.1) is 9.81 Å². The van der Waals surface area contributed by atoms with Gasteiger partial charge in [0.1, 0.15) is 17.1 Å². The summed E-state index contributed by atoms with van der Waals surface area (Å²) in [5.41, 5.74) is 0.362. The third kappa shape index (κ3) is 3.61. The highest BCUT2D eigenvalue weighted by Crippen LogP contribution is 2.51. The maximum absolute atomic E-state index is 13.3. The van der Waals surface area contributed by atoms with E-state index in [9.17, 15) is 19.1 Å². The zero-order valence-electron chi connectivity index (χ0n) is 13.1. The summed E-state index contributed by atoms with van der Waals surface area (Å²) in [6.07, 6.45) is 2.15. The molecule has 0 atom stereocenters. The Morgan fingerprint density at radius 2 is 2.04 bits per heavy atom. The first-order valence-electron chi connectivity index (χ1n) is 7.46. The van der Waals surface area contributed by atoms with E-state index < -0.39 is 0 Å². The lowest BCUT2D eigenvalue weighted by Gasteiger charge is -2.15. The first-order chi connectivity index (χ1) is 12.6. The van der Waals surface area contributed by atoms with Crippen molar-refractivity contribution in [3.05, 3.63) is 49.7 Å². The molecular weight excluding hydrogens is 429 g/mol. The van der Waals surface area contributed by atoms with E-state index in [1.54, 1.807) is 12.1 Å². The molecule has 1 aliphatic rings. The number of rotatable bonds is 8. The number of carbonyl (C=O) groups is 1. The van der Waals surface area contributed by atoms with Crippen LogP contribution in [0.5, 0.6) is 5.75 Å². The Balaban J connectivity index is 2.04. The van der Waals surface area contributed by atoms with Crippen LogP contribution in [-0.2, 0) is 0 Å². The molecule has 26 heavy (non-hydrogen) atoms. The number of halogens is 2. The van der Waals surface area contributed by atoms with Crippen LogP contribution in [0.1, 0.15) is 34.7 Å². The predicted octanol–water partition coefficient (Wildman–Crippen LogP) is 6.32. The normalized spacial score (nSPS) is 13.2. The molecule has 7 nitrogen and oxygen atoms in total. The van der Waals surface area contributed by atoms with E-state index in [0.29, 0.717) is 21.2 Å². The van der Waals surface area contributed by atoms with Crippen molar-refractivity contribution in [2.45, 2.75) is 23.7 Å². The molecule has 10 heteroatoms. The summed E-state index contributed by atoms with van der Waals surface area (Å²) in [4.78, 5) is 37.9. The SMILES string of the molecule is O=Cc1cc(C2CC2)c(OF)c(NSc2cc(Br)ccc2N=O)c1N=O. The molecule has 134 valence electrons. The van der Waals surface area contributed by atoms with Crippen LogP contribution in [0.15, 0.2) is 44.0 Å². The fraction of sp³-hybridized carbons (Fsp3) is 0.188. The Kier molecular flexibility index (Phi) is 5.62. The number of hydrogen-bond acceptors (Lipinski definition) is 8. The molecule has 0 bridgehead atoms. The Hall–Kier alpha value is -2.33. The largest absolute Gasteiger partial charge is 0.320 e. The molecule has 2 aromatic rings. The summed E-state index contributed by atoms with van der Waals surface area (Å²) in [6, 6.07) is 6.20. The van der Waals surface area contributed by atoms with Crippen molar-refractivity contribution in [1.82, 2.24) is 0 Å². The van der Waals surface area contributed by atoms with E-state index in [-0.39, 0.29) is 34.3 Å². The van der Waals surface area contributed by atoms with Crippen LogP contribution < -0.4 is 9.66 Å². The molecule has 0 radical (unpaired) electrons. The number of anilines is 1. The molecule has 0 heterocycles. The summed E-state index contributed by atoms with van der Waals surface area (Å²) in [7, 11) is 0. The van der Waals surface area contributed by atoms with E-state index in [0.717, 1.165) is 24.8 Å². The molecule has 0 spiro atoms. The molecule has 0 aromatic heterocycles. The minimum absolute atomic E-state index is 0.0359. The van der Waals surface area contributed by atoms with Crippen molar-refractivity contribution in [1.29, 1.82) is 0 Å². The highest BCUT2D eigenvalue weighted by molar-refractivity contribution is 9.10. The number of nitrogens with zero attached hydrogens (tertiary/aromatic N) is 2. The zero-order valence-corrected chi connectivity index (χ0v) is 15.5. The van der Waals surface area contributed by atoms with E-state index in [1.807, 2.05) is 0 Å². The van der Waals surface area contributed by atoms with Gasteiger partial charge in [0.05, 0.1) is 4.90 Å². The summed E-state index contributed by atoms with van der Waals surface area (Å²) >= 11 is 4.21. The topological polar surface area (TPSA) is 97.2 Å². The predicted molar refractivity (Wildman–Crippen MR) is 100 cm³/mol. The molecule has 0 amide bonds. The molecule has 0 aliphatic heterocycles. The first-order valence-corrected chi connectivity index (χ1v) is 9.07. The average molecular weight is 440 g/mol. The second-order valence-corrected chi connectivity index (χ2v) is 7.34. The maximum atomic E-state index is 13.3. The quantitative estimate of drug-likeness (QED) is 0.293. The van der Waals surface area contributed by atoms with Crippen LogP contribution >= 0.6 is 27.9 Å². The van der Waals surface area contributed by atoms with Crippen LogP contribution in [-0.4, -0.2) is 6.29 Å². The second-order valence-electron chi connectivity index (χ2n) is 5.58. The first kappa shape index (κ1) is 18.5. The lowest BCUT2D eigenvalue weighted by Crippen LogP contribution is -1.99. The van der Waals surface area contributed by atoms with Gasteiger partial charge in [-0.15, -0.1) is 9.81 Å². The average Bonchev–Trinajstić information content (AvgIpc) is 3.50. The van der Waals surface area contributed by atoms with Gasteiger partial charge < -0.3 is 4.72 Å². The number of nitrogens with one attached hydrogen (secondary N) is 1. The molecular formula is C16H11BrFN3O4S. The monoisotopic (exact) mass is 439 g/mol. The molecule has 0 saturated heterocycles. The van der Waals surface area contributed by atoms with E-state index in [4.69, 9.17) is 0 Å². The summed E-state index contributed by atoms with van der Waals surface area (Å²) in [5, 5.41) is 5.77. The minimum atomic E-state index is -0.264. The van der Waals surface area contributed by atoms with Crippen molar-refractivity contribution in [3.8, 4) is 5.75 Å². The minimum Gasteiger partial charge on any atom is -0.320 e. The number of benzene rings is 2. The number of hydrogen-bond donors (Lipinski definition) is 1. The van der Waals surface area contributed by atoms with Gasteiger partial charge in [0.15, 0.2) is 6.29 Å². The highest BCUT2D eigenvalue weighted by Gasteiger charge is 2.32. The van der Waals surface area contributed by atoms with Crippen LogP contribution in [0.3, 0.4) is 0 Å². The molecule has 3 rings (SSSR count). The van der Waals surface area contributed by atoms with Crippen molar-refractivity contribution in [3.63, 3.8) is 0 Å². The fourth-order valence-electron chi connectivity index (χ4n) is 2.51. The lowest BCUT2D eigenvalue weighted by molar-refractivity contribution is -0.00629. The van der Waals surface area contributed by atoms with Gasteiger partial charge in [-0.05, 0) is 65.3 Å². The van der Waals surface area contributed by atoms with Crippen molar-refractivity contribution in [2.75, 3.05) is 4.72 Å². The van der Waals surface area contributed by atoms with E-state index in [2.05, 4.69) is 35.9 Å². The standard InChI is InChI=1S/C16H11BrFN3O4S/c17-10-3-4-12(19-23)13(6-10)26-21-15-14(20-24)9(7-22)5-11(8-1-2-8)16(15)25-18/h3-8,21H,1-2H2. The summed E-state index contributed by atoms with van der Waals surface area (Å²) in [6.45, 7) is 0. The maximum Gasteiger partial charge on any atom is 0.201 e. The summed E-state index contributed by atoms with van der Waals surface area (Å²) < 4.78 is 16.7.